The van der Waals surface area contributed by atoms with Crippen LogP contribution in [0.5, 0.6) is 0 Å². The van der Waals surface area contributed by atoms with Crippen LogP contribution in [0.3, 0.4) is 0 Å². The first-order valence-corrected chi connectivity index (χ1v) is 8.42. The maximum atomic E-state index is 12.5. The van der Waals surface area contributed by atoms with Crippen molar-refractivity contribution in [3.8, 4) is 0 Å². The number of hydrogen-bond donors (Lipinski definition) is 1. The first-order chi connectivity index (χ1) is 11.3. The molecule has 1 aromatic rings. The molecule has 0 radical (unpaired) electrons. The van der Waals surface area contributed by atoms with Crippen LogP contribution in [0.1, 0.15) is 17.6 Å². The lowest BCUT2D eigenvalue weighted by Gasteiger charge is -2.36. The Bertz CT molecular complexity index is 600. The highest BCUT2D eigenvalue weighted by molar-refractivity contribution is 14.0. The molecule has 1 aromatic heterocycles. The van der Waals surface area contributed by atoms with E-state index in [0.29, 0.717) is 50.1 Å². The summed E-state index contributed by atoms with van der Waals surface area (Å²) in [5.74, 6) is 0.743. The molecule has 0 aliphatic carbocycles. The fraction of sp³-hybridized carbons (Fsp3) is 0.643. The fourth-order valence-electron chi connectivity index (χ4n) is 2.40. The van der Waals surface area contributed by atoms with E-state index >= 15 is 0 Å². The molecular weight excluding hydrogens is 470 g/mol. The van der Waals surface area contributed by atoms with Crippen LogP contribution in [0.25, 0.3) is 0 Å². The number of nitrogens with zero attached hydrogens (tertiary/aromatic N) is 4. The molecule has 1 aliphatic rings. The summed E-state index contributed by atoms with van der Waals surface area (Å²) in [6.45, 7) is 4.62. The summed E-state index contributed by atoms with van der Waals surface area (Å²) in [6, 6.07) is 0. The molecule has 1 aliphatic heterocycles. The first-order valence-electron chi connectivity index (χ1n) is 7.54. The Kier molecular flexibility index (Phi) is 8.38. The molecule has 0 spiro atoms. The number of rotatable bonds is 3. The average Bonchev–Trinajstić information content (AvgIpc) is 3.01. The largest absolute Gasteiger partial charge is 0.434 e. The molecule has 0 saturated carbocycles. The Labute approximate surface area is 165 Å². The van der Waals surface area contributed by atoms with Gasteiger partial charge in [0.1, 0.15) is 0 Å². The lowest BCUT2D eigenvalue weighted by atomic mass is 10.3. The van der Waals surface area contributed by atoms with Gasteiger partial charge in [0, 0.05) is 58.5 Å². The fourth-order valence-corrected chi connectivity index (χ4v) is 3.21. The molecule has 0 aromatic carbocycles. The number of piperazine rings is 1. The molecule has 1 fully saturated rings. The van der Waals surface area contributed by atoms with Crippen molar-refractivity contribution in [3.05, 3.63) is 16.1 Å². The van der Waals surface area contributed by atoms with E-state index in [9.17, 15) is 18.0 Å². The van der Waals surface area contributed by atoms with Gasteiger partial charge in [0.15, 0.2) is 11.7 Å². The number of hydrogen-bond acceptors (Lipinski definition) is 4. The number of aliphatic imine (C=N–C) groups is 1. The molecule has 1 amide bonds. The van der Waals surface area contributed by atoms with Crippen molar-refractivity contribution in [3.63, 3.8) is 0 Å². The first kappa shape index (κ1) is 21.9. The molecule has 2 heterocycles. The van der Waals surface area contributed by atoms with Crippen LogP contribution in [-0.2, 0) is 17.4 Å². The Morgan fingerprint density at radius 2 is 1.92 bits per heavy atom. The highest BCUT2D eigenvalue weighted by Gasteiger charge is 2.33. The van der Waals surface area contributed by atoms with Gasteiger partial charge in [0.25, 0.3) is 0 Å². The van der Waals surface area contributed by atoms with Gasteiger partial charge < -0.3 is 15.1 Å². The average molecular weight is 491 g/mol. The zero-order valence-electron chi connectivity index (χ0n) is 14.0. The van der Waals surface area contributed by atoms with Crippen molar-refractivity contribution in [2.24, 2.45) is 4.99 Å². The van der Waals surface area contributed by atoms with Gasteiger partial charge >= 0.3 is 6.18 Å². The van der Waals surface area contributed by atoms with E-state index < -0.39 is 11.9 Å². The summed E-state index contributed by atoms with van der Waals surface area (Å²) in [6.07, 6.45) is -4.00. The predicted octanol–water partition coefficient (Wildman–Crippen LogP) is 2.06. The lowest BCUT2D eigenvalue weighted by Crippen LogP contribution is -2.53. The number of thiazole rings is 1. The molecular formula is C14H21F3IN5OS. The molecule has 6 nitrogen and oxygen atoms in total. The monoisotopic (exact) mass is 491 g/mol. The topological polar surface area (TPSA) is 60.8 Å². The van der Waals surface area contributed by atoms with Crippen molar-refractivity contribution >= 4 is 47.2 Å². The number of amides is 1. The third kappa shape index (κ3) is 6.28. The summed E-state index contributed by atoms with van der Waals surface area (Å²) >= 11 is 1.01. The molecule has 2 rings (SSSR count). The molecule has 0 bridgehead atoms. The van der Waals surface area contributed by atoms with Crippen LogP contribution >= 0.6 is 35.3 Å². The van der Waals surface area contributed by atoms with E-state index in [1.165, 1.54) is 0 Å². The van der Waals surface area contributed by atoms with Crippen molar-refractivity contribution in [2.75, 3.05) is 39.8 Å². The number of halogens is 4. The van der Waals surface area contributed by atoms with Gasteiger partial charge in [-0.3, -0.25) is 9.79 Å². The smallest absolute Gasteiger partial charge is 0.356 e. The summed E-state index contributed by atoms with van der Waals surface area (Å²) in [7, 11) is 1.66. The van der Waals surface area contributed by atoms with Crippen LogP contribution in [0.15, 0.2) is 10.4 Å². The van der Waals surface area contributed by atoms with Crippen LogP contribution < -0.4 is 5.32 Å². The van der Waals surface area contributed by atoms with Gasteiger partial charge in [-0.1, -0.05) is 0 Å². The number of guanidine groups is 1. The third-order valence-electron chi connectivity index (χ3n) is 3.70. The molecule has 0 atom stereocenters. The standard InChI is InChI=1S/C14H20F3N5OS.HI/c1-10(23)21-5-7-22(8-6-21)13(18-2)19-4-3-12-20-11(9-24-12)14(15,16)17;/h9H,3-8H2,1-2H3,(H,18,19);1H. The van der Waals surface area contributed by atoms with E-state index in [1.54, 1.807) is 18.9 Å². The number of nitrogens with one attached hydrogen (secondary N) is 1. The normalized spacial score (nSPS) is 15.8. The molecule has 0 unspecified atom stereocenters. The third-order valence-corrected chi connectivity index (χ3v) is 4.61. The molecule has 1 saturated heterocycles. The second-order valence-corrected chi connectivity index (χ2v) is 6.28. The number of aromatic nitrogens is 1. The highest BCUT2D eigenvalue weighted by atomic mass is 127. The van der Waals surface area contributed by atoms with E-state index in [2.05, 4.69) is 15.3 Å². The maximum absolute atomic E-state index is 12.5. The minimum atomic E-state index is -4.39. The Morgan fingerprint density at radius 1 is 1.32 bits per heavy atom. The SMILES string of the molecule is CN=C(NCCc1nc(C(F)(F)F)cs1)N1CCN(C(C)=O)CC1.I. The second-order valence-electron chi connectivity index (χ2n) is 5.34. The summed E-state index contributed by atoms with van der Waals surface area (Å²) in [5, 5.41) is 4.61. The number of carbonyl (C=O) groups excluding carboxylic acids is 1. The Hall–Kier alpha value is -1.11. The molecule has 11 heteroatoms. The Balaban J connectivity index is 0.00000312. The van der Waals surface area contributed by atoms with Crippen LogP contribution in [-0.4, -0.2) is 66.4 Å². The van der Waals surface area contributed by atoms with E-state index in [1.807, 2.05) is 4.90 Å². The van der Waals surface area contributed by atoms with Crippen LogP contribution in [0.4, 0.5) is 13.2 Å². The zero-order valence-corrected chi connectivity index (χ0v) is 17.1. The van der Waals surface area contributed by atoms with Crippen molar-refractivity contribution in [2.45, 2.75) is 19.5 Å². The van der Waals surface area contributed by atoms with E-state index in [-0.39, 0.29) is 29.9 Å². The maximum Gasteiger partial charge on any atom is 0.434 e. The van der Waals surface area contributed by atoms with Crippen molar-refractivity contribution in [1.29, 1.82) is 0 Å². The van der Waals surface area contributed by atoms with Gasteiger partial charge in [0.05, 0.1) is 5.01 Å². The molecule has 1 N–H and O–H groups in total. The lowest BCUT2D eigenvalue weighted by molar-refractivity contribution is -0.140. The zero-order chi connectivity index (χ0) is 17.7. The minimum absolute atomic E-state index is 0. The quantitative estimate of drug-likeness (QED) is 0.400. The summed E-state index contributed by atoms with van der Waals surface area (Å²) < 4.78 is 37.5. The molecule has 142 valence electrons. The Morgan fingerprint density at radius 3 is 2.40 bits per heavy atom. The molecule has 25 heavy (non-hydrogen) atoms. The predicted molar refractivity (Wildman–Crippen MR) is 101 cm³/mol. The van der Waals surface area contributed by atoms with Gasteiger partial charge in [-0.2, -0.15) is 13.2 Å². The van der Waals surface area contributed by atoms with Gasteiger partial charge in [-0.05, 0) is 0 Å². The summed E-state index contributed by atoms with van der Waals surface area (Å²) in [5.41, 5.74) is -0.841. The van der Waals surface area contributed by atoms with Gasteiger partial charge in [0.2, 0.25) is 5.91 Å². The second kappa shape index (κ2) is 9.55. The van der Waals surface area contributed by atoms with E-state index in [0.717, 1.165) is 16.7 Å². The summed E-state index contributed by atoms with van der Waals surface area (Å²) in [4.78, 5) is 22.9. The van der Waals surface area contributed by atoms with Crippen LogP contribution in [0, 0.1) is 0 Å². The van der Waals surface area contributed by atoms with Crippen molar-refractivity contribution < 1.29 is 18.0 Å². The van der Waals surface area contributed by atoms with Gasteiger partial charge in [-0.25, -0.2) is 4.98 Å². The minimum Gasteiger partial charge on any atom is -0.356 e. The van der Waals surface area contributed by atoms with Crippen LogP contribution in [0.2, 0.25) is 0 Å². The van der Waals surface area contributed by atoms with E-state index in [4.69, 9.17) is 0 Å². The number of carbonyl (C=O) groups is 1. The van der Waals surface area contributed by atoms with Gasteiger partial charge in [-0.15, -0.1) is 35.3 Å². The van der Waals surface area contributed by atoms with Crippen molar-refractivity contribution in [1.82, 2.24) is 20.1 Å². The number of alkyl halides is 3. The highest BCUT2D eigenvalue weighted by Crippen LogP contribution is 2.29.